The fraction of sp³-hybridized carbons (Fsp3) is 0.300. The summed E-state index contributed by atoms with van der Waals surface area (Å²) in [5.74, 6) is 3.83. The first kappa shape index (κ1) is 24.0. The molecule has 9 nitrogen and oxygen atoms in total. The molecule has 0 saturated carbocycles. The van der Waals surface area contributed by atoms with Crippen molar-refractivity contribution in [3.63, 3.8) is 0 Å². The summed E-state index contributed by atoms with van der Waals surface area (Å²) < 4.78 is 33.5. The maximum atomic E-state index is 5.91. The summed E-state index contributed by atoms with van der Waals surface area (Å²) >= 11 is 0. The lowest BCUT2D eigenvalue weighted by atomic mass is 10.1. The molecule has 3 saturated heterocycles. The molecule has 3 fully saturated rings. The van der Waals surface area contributed by atoms with E-state index in [1.165, 1.54) is 0 Å². The van der Waals surface area contributed by atoms with Gasteiger partial charge in [-0.3, -0.25) is 0 Å². The molecule has 4 aromatic rings. The van der Waals surface area contributed by atoms with Crippen molar-refractivity contribution in [2.45, 2.75) is 18.3 Å². The molecule has 0 radical (unpaired) electrons. The number of rotatable bonds is 12. The van der Waals surface area contributed by atoms with Crippen LogP contribution in [0.3, 0.4) is 0 Å². The van der Waals surface area contributed by atoms with E-state index in [1.54, 1.807) is 0 Å². The first-order chi connectivity index (χ1) is 19.2. The van der Waals surface area contributed by atoms with Crippen LogP contribution < -0.4 is 14.2 Å². The standard InChI is InChI=1S/C30H27N3O6/c1-4-19(10-22(7-1)34-13-25-16-37-25)28-31-29(20-5-2-8-23(11-20)35-14-26-17-38-26)33-30(32-28)21-6-3-9-24(12-21)36-15-27-18-39-27/h1-12,25-27H,13-18H2. The van der Waals surface area contributed by atoms with Gasteiger partial charge in [0, 0.05) is 16.7 Å². The van der Waals surface area contributed by atoms with E-state index >= 15 is 0 Å². The fourth-order valence-electron chi connectivity index (χ4n) is 4.00. The summed E-state index contributed by atoms with van der Waals surface area (Å²) in [4.78, 5) is 14.6. The number of hydrogen-bond donors (Lipinski definition) is 0. The normalized spacial score (nSPS) is 20.8. The number of ether oxygens (including phenoxy) is 6. The summed E-state index contributed by atoms with van der Waals surface area (Å²) in [5, 5.41) is 0. The highest BCUT2D eigenvalue weighted by molar-refractivity contribution is 5.68. The Morgan fingerprint density at radius 1 is 0.513 bits per heavy atom. The monoisotopic (exact) mass is 525 g/mol. The van der Waals surface area contributed by atoms with Crippen LogP contribution in [0.15, 0.2) is 72.8 Å². The molecule has 198 valence electrons. The molecule has 0 amide bonds. The average molecular weight is 526 g/mol. The molecule has 3 aliphatic rings. The molecule has 0 spiro atoms. The molecule has 9 heteroatoms. The van der Waals surface area contributed by atoms with Crippen molar-refractivity contribution in [3.05, 3.63) is 72.8 Å². The Hall–Kier alpha value is -4.05. The Kier molecular flexibility index (Phi) is 6.53. The highest BCUT2D eigenvalue weighted by Gasteiger charge is 2.25. The van der Waals surface area contributed by atoms with Gasteiger partial charge in [0.15, 0.2) is 17.5 Å². The van der Waals surface area contributed by atoms with E-state index in [0.717, 1.165) is 53.8 Å². The van der Waals surface area contributed by atoms with Gasteiger partial charge in [-0.1, -0.05) is 36.4 Å². The minimum Gasteiger partial charge on any atom is -0.491 e. The zero-order valence-corrected chi connectivity index (χ0v) is 21.2. The molecule has 3 unspecified atom stereocenters. The molecular formula is C30H27N3O6. The lowest BCUT2D eigenvalue weighted by Crippen LogP contribution is -2.05. The Morgan fingerprint density at radius 2 is 0.821 bits per heavy atom. The van der Waals surface area contributed by atoms with Crippen LogP contribution in [0.2, 0.25) is 0 Å². The quantitative estimate of drug-likeness (QED) is 0.252. The van der Waals surface area contributed by atoms with Gasteiger partial charge in [-0.2, -0.15) is 0 Å². The summed E-state index contributed by atoms with van der Waals surface area (Å²) in [6, 6.07) is 23.3. The van der Waals surface area contributed by atoms with E-state index < -0.39 is 0 Å². The molecule has 0 N–H and O–H groups in total. The van der Waals surface area contributed by atoms with Crippen molar-refractivity contribution in [1.82, 2.24) is 15.0 Å². The Bertz CT molecular complexity index is 1280. The smallest absolute Gasteiger partial charge is 0.164 e. The maximum Gasteiger partial charge on any atom is 0.164 e. The number of aromatic nitrogens is 3. The summed E-state index contributed by atoms with van der Waals surface area (Å²) in [7, 11) is 0. The average Bonchev–Trinajstić information content (AvgIpc) is 3.83. The van der Waals surface area contributed by atoms with E-state index in [4.69, 9.17) is 43.4 Å². The summed E-state index contributed by atoms with van der Waals surface area (Å²) in [5.41, 5.74) is 2.47. The van der Waals surface area contributed by atoms with E-state index in [9.17, 15) is 0 Å². The van der Waals surface area contributed by atoms with Crippen molar-refractivity contribution >= 4 is 0 Å². The lowest BCUT2D eigenvalue weighted by molar-refractivity contribution is 0.263. The predicted molar refractivity (Wildman–Crippen MR) is 142 cm³/mol. The van der Waals surface area contributed by atoms with Crippen LogP contribution in [-0.2, 0) is 14.2 Å². The fourth-order valence-corrected chi connectivity index (χ4v) is 4.00. The first-order valence-corrected chi connectivity index (χ1v) is 13.1. The zero-order valence-electron chi connectivity index (χ0n) is 21.2. The SMILES string of the molecule is c1cc(OCC2CO2)cc(-c2nc(-c3cccc(OCC4CO4)c3)nc(-c3cccc(OCC4CO4)c3)n2)c1. The van der Waals surface area contributed by atoms with Crippen LogP contribution in [-0.4, -0.2) is 72.9 Å². The second kappa shape index (κ2) is 10.6. The molecule has 3 aromatic carbocycles. The number of benzene rings is 3. The Balaban J connectivity index is 1.24. The van der Waals surface area contributed by atoms with Gasteiger partial charge in [0.1, 0.15) is 55.4 Å². The van der Waals surface area contributed by atoms with Gasteiger partial charge < -0.3 is 28.4 Å². The van der Waals surface area contributed by atoms with E-state index in [-0.39, 0.29) is 18.3 Å². The van der Waals surface area contributed by atoms with Gasteiger partial charge in [-0.05, 0) is 36.4 Å². The molecular weight excluding hydrogens is 498 g/mol. The van der Waals surface area contributed by atoms with Crippen molar-refractivity contribution in [2.75, 3.05) is 39.6 Å². The van der Waals surface area contributed by atoms with Gasteiger partial charge in [0.2, 0.25) is 0 Å². The topological polar surface area (TPSA) is 104 Å². The second-order valence-electron chi connectivity index (χ2n) is 9.69. The van der Waals surface area contributed by atoms with Gasteiger partial charge in [-0.15, -0.1) is 0 Å². The summed E-state index contributed by atoms with van der Waals surface area (Å²) in [6.07, 6.45) is 0.517. The molecule has 0 aliphatic carbocycles. The third-order valence-electron chi connectivity index (χ3n) is 6.43. The Labute approximate surface area is 225 Å². The van der Waals surface area contributed by atoms with Gasteiger partial charge in [0.25, 0.3) is 0 Å². The van der Waals surface area contributed by atoms with Gasteiger partial charge in [-0.25, -0.2) is 15.0 Å². The highest BCUT2D eigenvalue weighted by Crippen LogP contribution is 2.30. The van der Waals surface area contributed by atoms with E-state index in [2.05, 4.69) is 0 Å². The maximum absolute atomic E-state index is 5.91. The molecule has 7 rings (SSSR count). The van der Waals surface area contributed by atoms with Gasteiger partial charge >= 0.3 is 0 Å². The van der Waals surface area contributed by atoms with Crippen LogP contribution in [0.1, 0.15) is 0 Å². The van der Waals surface area contributed by atoms with Crippen molar-refractivity contribution in [3.8, 4) is 51.4 Å². The molecule has 3 atom stereocenters. The van der Waals surface area contributed by atoms with Gasteiger partial charge in [0.05, 0.1) is 19.8 Å². The molecule has 0 bridgehead atoms. The van der Waals surface area contributed by atoms with Crippen LogP contribution in [0.5, 0.6) is 17.2 Å². The highest BCUT2D eigenvalue weighted by atomic mass is 16.6. The summed E-state index contributed by atoms with van der Waals surface area (Å²) in [6.45, 7) is 3.80. The minimum atomic E-state index is 0.172. The number of nitrogens with zero attached hydrogens (tertiary/aromatic N) is 3. The molecule has 39 heavy (non-hydrogen) atoms. The van der Waals surface area contributed by atoms with E-state index in [0.29, 0.717) is 37.3 Å². The second-order valence-corrected chi connectivity index (χ2v) is 9.69. The first-order valence-electron chi connectivity index (χ1n) is 13.1. The number of hydrogen-bond acceptors (Lipinski definition) is 9. The van der Waals surface area contributed by atoms with Crippen molar-refractivity contribution in [1.29, 1.82) is 0 Å². The zero-order chi connectivity index (χ0) is 26.0. The van der Waals surface area contributed by atoms with Crippen molar-refractivity contribution in [2.24, 2.45) is 0 Å². The Morgan fingerprint density at radius 3 is 1.10 bits per heavy atom. The predicted octanol–water partition coefficient (Wildman–Crippen LogP) is 4.21. The van der Waals surface area contributed by atoms with Crippen LogP contribution in [0.4, 0.5) is 0 Å². The van der Waals surface area contributed by atoms with Crippen LogP contribution >= 0.6 is 0 Å². The van der Waals surface area contributed by atoms with Crippen LogP contribution in [0, 0.1) is 0 Å². The van der Waals surface area contributed by atoms with E-state index in [1.807, 2.05) is 72.8 Å². The largest absolute Gasteiger partial charge is 0.491 e. The lowest BCUT2D eigenvalue weighted by Gasteiger charge is -2.11. The molecule has 4 heterocycles. The molecule has 1 aromatic heterocycles. The molecule has 3 aliphatic heterocycles. The third kappa shape index (κ3) is 6.34. The minimum absolute atomic E-state index is 0.172. The van der Waals surface area contributed by atoms with Crippen LogP contribution in [0.25, 0.3) is 34.2 Å². The van der Waals surface area contributed by atoms with Crippen molar-refractivity contribution < 1.29 is 28.4 Å². The number of epoxide rings is 3. The third-order valence-corrected chi connectivity index (χ3v) is 6.43.